The van der Waals surface area contributed by atoms with E-state index in [0.717, 1.165) is 0 Å². The molecule has 0 radical (unpaired) electrons. The lowest BCUT2D eigenvalue weighted by Gasteiger charge is -2.27. The highest BCUT2D eigenvalue weighted by Gasteiger charge is 2.34. The number of amides is 2. The van der Waals surface area contributed by atoms with Gasteiger partial charge in [-0.3, -0.25) is 0 Å². The minimum absolute atomic E-state index is 0.0304. The van der Waals surface area contributed by atoms with Gasteiger partial charge in [0.1, 0.15) is 31.8 Å². The Balaban J connectivity index is 0.000000471. The maximum absolute atomic E-state index is 12.3. The summed E-state index contributed by atoms with van der Waals surface area (Å²) in [5.41, 5.74) is 3.50. The summed E-state index contributed by atoms with van der Waals surface area (Å²) in [5, 5.41) is 0.453. The highest BCUT2D eigenvalue weighted by molar-refractivity contribution is 6.33. The molecule has 10 nitrogen and oxygen atoms in total. The lowest BCUT2D eigenvalue weighted by atomic mass is 10.2. The van der Waals surface area contributed by atoms with Gasteiger partial charge in [-0.25, -0.2) is 19.6 Å². The number of nitrogens with two attached hydrogens (primary N) is 1. The summed E-state index contributed by atoms with van der Waals surface area (Å²) in [6.45, 7) is 9.94. The molecule has 2 rings (SSSR count). The van der Waals surface area contributed by atoms with Gasteiger partial charge < -0.3 is 15.2 Å². The fraction of sp³-hybridized carbons (Fsp3) is 0.444. The number of carbonyl (C=O) groups excluding carboxylic acids is 2. The minimum atomic E-state index is -0.995. The number of rotatable bonds is 1. The van der Waals surface area contributed by atoms with Crippen molar-refractivity contribution >= 4 is 70.5 Å². The molecule has 0 aromatic carbocycles. The Labute approximate surface area is 205 Å². The molecule has 2 N–H and O–H groups in total. The molecule has 0 fully saturated rings. The molecule has 0 saturated carbocycles. The number of imide groups is 1. The highest BCUT2D eigenvalue weighted by atomic mass is 35.5. The summed E-state index contributed by atoms with van der Waals surface area (Å²) in [4.78, 5) is 40.1. The van der Waals surface area contributed by atoms with Crippen molar-refractivity contribution in [2.75, 3.05) is 10.6 Å². The number of nitrogen functional groups attached to an aromatic ring is 1. The predicted octanol–water partition coefficient (Wildman–Crippen LogP) is 5.83. The van der Waals surface area contributed by atoms with Crippen LogP contribution in [0.25, 0.3) is 0 Å². The van der Waals surface area contributed by atoms with Crippen LogP contribution >= 0.6 is 46.4 Å². The maximum Gasteiger partial charge on any atom is 0.427 e. The summed E-state index contributed by atoms with van der Waals surface area (Å²) in [7, 11) is 0. The number of aromatic nitrogens is 4. The van der Waals surface area contributed by atoms with Gasteiger partial charge in [0.15, 0.2) is 0 Å². The van der Waals surface area contributed by atoms with E-state index < -0.39 is 23.4 Å². The van der Waals surface area contributed by atoms with Crippen LogP contribution in [0, 0.1) is 0 Å². The zero-order valence-corrected chi connectivity index (χ0v) is 21.1. The number of halogens is 4. The van der Waals surface area contributed by atoms with Crippen molar-refractivity contribution in [1.29, 1.82) is 0 Å². The third-order valence-corrected chi connectivity index (χ3v) is 3.46. The summed E-state index contributed by atoms with van der Waals surface area (Å²) in [5.74, 6) is -0.237. The monoisotopic (exact) mass is 526 g/mol. The van der Waals surface area contributed by atoms with Crippen LogP contribution < -0.4 is 10.6 Å². The van der Waals surface area contributed by atoms with Gasteiger partial charge in [-0.2, -0.15) is 9.97 Å². The second-order valence-electron chi connectivity index (χ2n) is 7.98. The van der Waals surface area contributed by atoms with Gasteiger partial charge in [0.2, 0.25) is 11.9 Å². The highest BCUT2D eigenvalue weighted by Crippen LogP contribution is 2.22. The van der Waals surface area contributed by atoms with Gasteiger partial charge in [0.25, 0.3) is 0 Å². The van der Waals surface area contributed by atoms with Gasteiger partial charge in [-0.05, 0) is 41.5 Å². The van der Waals surface area contributed by atoms with E-state index >= 15 is 0 Å². The lowest BCUT2D eigenvalue weighted by Crippen LogP contribution is -2.44. The van der Waals surface area contributed by atoms with Crippen LogP contribution in [0.1, 0.15) is 41.5 Å². The van der Waals surface area contributed by atoms with Crippen LogP contribution in [0.2, 0.25) is 20.6 Å². The normalized spacial score (nSPS) is 11.2. The van der Waals surface area contributed by atoms with Crippen LogP contribution in [0.3, 0.4) is 0 Å². The van der Waals surface area contributed by atoms with Crippen LogP contribution in [0.4, 0.5) is 21.5 Å². The van der Waals surface area contributed by atoms with Gasteiger partial charge in [0.05, 0.1) is 0 Å². The summed E-state index contributed by atoms with van der Waals surface area (Å²) < 4.78 is 10.4. The maximum atomic E-state index is 12.3. The van der Waals surface area contributed by atoms with E-state index in [0.29, 0.717) is 4.90 Å². The molecule has 2 aromatic heterocycles. The zero-order chi connectivity index (χ0) is 24.9. The number of hydrogen-bond donors (Lipinski definition) is 1. The van der Waals surface area contributed by atoms with Crippen molar-refractivity contribution < 1.29 is 19.1 Å². The average molecular weight is 528 g/mol. The van der Waals surface area contributed by atoms with Crippen molar-refractivity contribution in [3.63, 3.8) is 0 Å². The molecule has 2 aromatic rings. The Morgan fingerprint density at radius 2 is 1.06 bits per heavy atom. The molecule has 176 valence electrons. The van der Waals surface area contributed by atoms with E-state index in [-0.39, 0.29) is 32.5 Å². The third kappa shape index (κ3) is 10.4. The smallest absolute Gasteiger partial charge is 0.427 e. The van der Waals surface area contributed by atoms with Crippen molar-refractivity contribution in [3.05, 3.63) is 32.7 Å². The molecular weight excluding hydrogens is 506 g/mol. The molecule has 0 saturated heterocycles. The summed E-state index contributed by atoms with van der Waals surface area (Å²) >= 11 is 22.5. The molecule has 0 aliphatic rings. The first-order valence-corrected chi connectivity index (χ1v) is 10.4. The topological polar surface area (TPSA) is 133 Å². The van der Waals surface area contributed by atoms with Crippen LogP contribution in [0.15, 0.2) is 12.1 Å². The number of ether oxygens (including phenoxy) is 2. The molecule has 0 atom stereocenters. The molecule has 0 spiro atoms. The first-order chi connectivity index (χ1) is 14.5. The first kappa shape index (κ1) is 27.9. The number of anilines is 2. The van der Waals surface area contributed by atoms with Gasteiger partial charge in [-0.1, -0.05) is 46.4 Å². The predicted molar refractivity (Wildman–Crippen MR) is 123 cm³/mol. The fourth-order valence-corrected chi connectivity index (χ4v) is 2.59. The van der Waals surface area contributed by atoms with Crippen molar-refractivity contribution in [2.24, 2.45) is 0 Å². The third-order valence-electron chi connectivity index (χ3n) is 2.68. The number of nitrogens with zero attached hydrogens (tertiary/aromatic N) is 5. The second kappa shape index (κ2) is 11.1. The molecule has 0 aliphatic carbocycles. The molecule has 0 unspecified atom stereocenters. The first-order valence-electron chi connectivity index (χ1n) is 8.88. The van der Waals surface area contributed by atoms with E-state index in [4.69, 9.17) is 61.6 Å². The van der Waals surface area contributed by atoms with Crippen LogP contribution in [-0.2, 0) is 9.47 Å². The SMILES string of the molecule is CC(C)(C)OC(=O)N(C(=O)OC(C)(C)C)c1nc(Cl)cc(Cl)n1.Nc1nc(Cl)cc(Cl)n1. The average Bonchev–Trinajstić information content (AvgIpc) is 2.49. The van der Waals surface area contributed by atoms with E-state index in [1.807, 2.05) is 0 Å². The van der Waals surface area contributed by atoms with Crippen LogP contribution in [-0.4, -0.2) is 43.3 Å². The van der Waals surface area contributed by atoms with E-state index in [9.17, 15) is 9.59 Å². The Bertz CT molecular complexity index is 880. The second-order valence-corrected chi connectivity index (χ2v) is 9.53. The van der Waals surface area contributed by atoms with Gasteiger partial charge >= 0.3 is 12.2 Å². The van der Waals surface area contributed by atoms with E-state index in [1.54, 1.807) is 41.5 Å². The van der Waals surface area contributed by atoms with E-state index in [2.05, 4.69) is 19.9 Å². The Hall–Kier alpha value is -2.14. The summed E-state index contributed by atoms with van der Waals surface area (Å²) in [6, 6.07) is 2.69. The molecule has 2 heterocycles. The zero-order valence-electron chi connectivity index (χ0n) is 18.1. The van der Waals surface area contributed by atoms with Gasteiger partial charge in [0, 0.05) is 12.1 Å². The minimum Gasteiger partial charge on any atom is -0.443 e. The van der Waals surface area contributed by atoms with Crippen molar-refractivity contribution in [1.82, 2.24) is 19.9 Å². The molecule has 2 amide bonds. The van der Waals surface area contributed by atoms with Crippen molar-refractivity contribution in [2.45, 2.75) is 52.7 Å². The number of carbonyl (C=O) groups is 2. The Kier molecular flexibility index (Phi) is 9.70. The molecule has 32 heavy (non-hydrogen) atoms. The Morgan fingerprint density at radius 3 is 1.34 bits per heavy atom. The van der Waals surface area contributed by atoms with E-state index in [1.165, 1.54) is 12.1 Å². The van der Waals surface area contributed by atoms with Crippen LogP contribution in [0.5, 0.6) is 0 Å². The molecule has 0 aliphatic heterocycles. The standard InChI is InChI=1S/C14H19Cl2N3O4.C4H3Cl2N3/c1-13(2,3)22-11(20)19(12(21)23-14(4,5)6)10-17-8(15)7-9(16)18-10;5-2-1-3(6)9-4(7)8-2/h7H,1-6H3;1H,(H2,7,8,9). The summed E-state index contributed by atoms with van der Waals surface area (Å²) in [6.07, 6.45) is -1.99. The molecule has 14 heteroatoms. The largest absolute Gasteiger partial charge is 0.443 e. The Morgan fingerprint density at radius 1 is 0.750 bits per heavy atom. The quantitative estimate of drug-likeness (QED) is 0.454. The lowest BCUT2D eigenvalue weighted by molar-refractivity contribution is 0.0427. The van der Waals surface area contributed by atoms with Gasteiger partial charge in [-0.15, -0.1) is 4.90 Å². The van der Waals surface area contributed by atoms with Crippen molar-refractivity contribution in [3.8, 4) is 0 Å². The fourth-order valence-electron chi connectivity index (χ4n) is 1.74. The number of hydrogen-bond acceptors (Lipinski definition) is 9. The molecule has 0 bridgehead atoms. The molecular formula is C18H22Cl4N6O4.